The van der Waals surface area contributed by atoms with Crippen molar-refractivity contribution in [1.29, 1.82) is 0 Å². The van der Waals surface area contributed by atoms with Gasteiger partial charge in [0.25, 0.3) is 0 Å². The summed E-state index contributed by atoms with van der Waals surface area (Å²) in [4.78, 5) is 15.0. The minimum Gasteiger partial charge on any atom is -0.480 e. The fourth-order valence-electron chi connectivity index (χ4n) is 1.95. The molecule has 0 radical (unpaired) electrons. The molecule has 2 heterocycles. The van der Waals surface area contributed by atoms with Gasteiger partial charge in [0, 0.05) is 12.7 Å². The third kappa shape index (κ3) is 1.99. The molecule has 2 rings (SSSR count). The maximum absolute atomic E-state index is 11.0. The van der Waals surface area contributed by atoms with E-state index in [1.807, 2.05) is 0 Å². The molecular weight excluding hydrogens is 208 g/mol. The molecular formula is C11H14N2O3. The fraction of sp³-hybridized carbons (Fsp3) is 0.455. The summed E-state index contributed by atoms with van der Waals surface area (Å²) < 4.78 is 4.92. The number of hydrogen-bond acceptors (Lipinski definition) is 4. The van der Waals surface area contributed by atoms with Crippen LogP contribution in [0.25, 0.3) is 0 Å². The number of rotatable bonds is 3. The number of hydrogen-bond donors (Lipinski definition) is 2. The van der Waals surface area contributed by atoms with Crippen LogP contribution in [0.15, 0.2) is 12.3 Å². The Morgan fingerprint density at radius 3 is 3.06 bits per heavy atom. The van der Waals surface area contributed by atoms with Crippen molar-refractivity contribution in [3.63, 3.8) is 0 Å². The number of methoxy groups -OCH3 is 1. The van der Waals surface area contributed by atoms with Crippen LogP contribution in [0.2, 0.25) is 0 Å². The number of nitrogens with one attached hydrogen (secondary N) is 1. The van der Waals surface area contributed by atoms with E-state index >= 15 is 0 Å². The van der Waals surface area contributed by atoms with Crippen LogP contribution < -0.4 is 10.1 Å². The third-order valence-electron chi connectivity index (χ3n) is 2.83. The van der Waals surface area contributed by atoms with Crippen LogP contribution in [-0.2, 0) is 0 Å². The highest BCUT2D eigenvalue weighted by Gasteiger charge is 2.20. The van der Waals surface area contributed by atoms with Gasteiger partial charge in [-0.1, -0.05) is 0 Å². The Kier molecular flexibility index (Phi) is 3.05. The topological polar surface area (TPSA) is 71.5 Å². The highest BCUT2D eigenvalue weighted by atomic mass is 16.5. The number of carbonyl (C=O) groups is 1. The van der Waals surface area contributed by atoms with Gasteiger partial charge in [0.15, 0.2) is 0 Å². The maximum atomic E-state index is 11.0. The molecule has 86 valence electrons. The second kappa shape index (κ2) is 4.49. The van der Waals surface area contributed by atoms with Crippen molar-refractivity contribution in [3.05, 3.63) is 23.4 Å². The number of ether oxygens (including phenoxy) is 1. The van der Waals surface area contributed by atoms with Crippen LogP contribution in [0.1, 0.15) is 28.3 Å². The molecule has 1 aromatic rings. The normalized spacial score (nSPS) is 19.7. The van der Waals surface area contributed by atoms with Crippen molar-refractivity contribution >= 4 is 5.97 Å². The van der Waals surface area contributed by atoms with Gasteiger partial charge in [-0.2, -0.15) is 0 Å². The molecule has 0 aromatic carbocycles. The van der Waals surface area contributed by atoms with E-state index in [1.165, 1.54) is 7.11 Å². The summed E-state index contributed by atoms with van der Waals surface area (Å²) in [5, 5.41) is 12.3. The van der Waals surface area contributed by atoms with Crippen LogP contribution >= 0.6 is 0 Å². The zero-order valence-electron chi connectivity index (χ0n) is 9.06. The molecule has 1 aliphatic rings. The third-order valence-corrected chi connectivity index (χ3v) is 2.83. The van der Waals surface area contributed by atoms with E-state index < -0.39 is 5.97 Å². The summed E-state index contributed by atoms with van der Waals surface area (Å²) in [6, 6.07) is 1.66. The molecule has 0 bridgehead atoms. The molecule has 5 heteroatoms. The van der Waals surface area contributed by atoms with E-state index in [4.69, 9.17) is 9.84 Å². The number of pyridine rings is 1. The molecule has 1 aromatic heterocycles. The van der Waals surface area contributed by atoms with Gasteiger partial charge < -0.3 is 15.2 Å². The average molecular weight is 222 g/mol. The number of carboxylic acids is 1. The second-order valence-electron chi connectivity index (χ2n) is 3.82. The molecule has 2 N–H and O–H groups in total. The van der Waals surface area contributed by atoms with Crippen molar-refractivity contribution in [1.82, 2.24) is 10.3 Å². The summed E-state index contributed by atoms with van der Waals surface area (Å²) in [6.45, 7) is 1.85. The molecule has 1 aliphatic heterocycles. The van der Waals surface area contributed by atoms with Crippen molar-refractivity contribution in [2.75, 3.05) is 20.2 Å². The Labute approximate surface area is 93.5 Å². The van der Waals surface area contributed by atoms with Gasteiger partial charge in [-0.25, -0.2) is 9.78 Å². The van der Waals surface area contributed by atoms with Crippen LogP contribution in [0.4, 0.5) is 0 Å². The van der Waals surface area contributed by atoms with E-state index in [1.54, 1.807) is 12.3 Å². The van der Waals surface area contributed by atoms with Crippen molar-refractivity contribution in [3.8, 4) is 5.88 Å². The number of aromatic carboxylic acids is 1. The zero-order chi connectivity index (χ0) is 11.5. The van der Waals surface area contributed by atoms with Gasteiger partial charge in [0.1, 0.15) is 5.56 Å². The van der Waals surface area contributed by atoms with Gasteiger partial charge in [-0.15, -0.1) is 0 Å². The lowest BCUT2D eigenvalue weighted by atomic mass is 9.99. The van der Waals surface area contributed by atoms with E-state index in [2.05, 4.69) is 10.3 Å². The lowest BCUT2D eigenvalue weighted by molar-refractivity contribution is 0.0692. The second-order valence-corrected chi connectivity index (χ2v) is 3.82. The quantitative estimate of drug-likeness (QED) is 0.793. The van der Waals surface area contributed by atoms with E-state index in [9.17, 15) is 4.79 Å². The first-order valence-corrected chi connectivity index (χ1v) is 5.20. The number of nitrogens with zero attached hydrogens (tertiary/aromatic N) is 1. The summed E-state index contributed by atoms with van der Waals surface area (Å²) in [7, 11) is 1.42. The highest BCUT2D eigenvalue weighted by Crippen LogP contribution is 2.25. The van der Waals surface area contributed by atoms with Crippen LogP contribution in [0.3, 0.4) is 0 Å². The minimum atomic E-state index is -1.00. The Morgan fingerprint density at radius 1 is 1.69 bits per heavy atom. The van der Waals surface area contributed by atoms with E-state index in [0.29, 0.717) is 5.92 Å². The SMILES string of the molecule is COc1ncc(C2CCNC2)cc1C(=O)O. The summed E-state index contributed by atoms with van der Waals surface area (Å²) >= 11 is 0. The molecule has 1 unspecified atom stereocenters. The Morgan fingerprint density at radius 2 is 2.50 bits per heavy atom. The monoisotopic (exact) mass is 222 g/mol. The highest BCUT2D eigenvalue weighted by molar-refractivity contribution is 5.90. The molecule has 0 amide bonds. The van der Waals surface area contributed by atoms with Gasteiger partial charge in [0.05, 0.1) is 7.11 Å². The first kappa shape index (κ1) is 10.9. The molecule has 0 saturated carbocycles. The van der Waals surface area contributed by atoms with Gasteiger partial charge >= 0.3 is 5.97 Å². The van der Waals surface area contributed by atoms with Crippen LogP contribution in [-0.4, -0.2) is 36.3 Å². The molecule has 1 fully saturated rings. The lowest BCUT2D eigenvalue weighted by Crippen LogP contribution is -2.10. The molecule has 0 spiro atoms. The van der Waals surface area contributed by atoms with Crippen LogP contribution in [0.5, 0.6) is 5.88 Å². The molecule has 5 nitrogen and oxygen atoms in total. The first-order chi connectivity index (χ1) is 7.72. The Bertz CT molecular complexity index is 400. The number of aromatic nitrogens is 1. The van der Waals surface area contributed by atoms with Gasteiger partial charge in [-0.05, 0) is 30.5 Å². The zero-order valence-corrected chi connectivity index (χ0v) is 9.06. The number of carboxylic acid groups (broad SMARTS) is 1. The van der Waals surface area contributed by atoms with E-state index in [0.717, 1.165) is 25.1 Å². The van der Waals surface area contributed by atoms with Crippen molar-refractivity contribution < 1.29 is 14.6 Å². The average Bonchev–Trinajstić information content (AvgIpc) is 2.81. The van der Waals surface area contributed by atoms with Gasteiger partial charge in [-0.3, -0.25) is 0 Å². The molecule has 1 saturated heterocycles. The Balaban J connectivity index is 2.34. The van der Waals surface area contributed by atoms with E-state index in [-0.39, 0.29) is 11.4 Å². The van der Waals surface area contributed by atoms with Crippen molar-refractivity contribution in [2.24, 2.45) is 0 Å². The lowest BCUT2D eigenvalue weighted by Gasteiger charge is -2.10. The standard InChI is InChI=1S/C11H14N2O3/c1-16-10-9(11(14)15)4-8(6-13-10)7-2-3-12-5-7/h4,6-7,12H,2-3,5H2,1H3,(H,14,15). The Hall–Kier alpha value is -1.62. The largest absolute Gasteiger partial charge is 0.480 e. The first-order valence-electron chi connectivity index (χ1n) is 5.20. The fourth-order valence-corrected chi connectivity index (χ4v) is 1.95. The van der Waals surface area contributed by atoms with Crippen molar-refractivity contribution in [2.45, 2.75) is 12.3 Å². The smallest absolute Gasteiger partial charge is 0.341 e. The minimum absolute atomic E-state index is 0.131. The summed E-state index contributed by atoms with van der Waals surface area (Å²) in [6.07, 6.45) is 2.72. The summed E-state index contributed by atoms with van der Waals surface area (Å²) in [5.74, 6) is -0.476. The van der Waals surface area contributed by atoms with Crippen LogP contribution in [0, 0.1) is 0 Å². The summed E-state index contributed by atoms with van der Waals surface area (Å²) in [5.41, 5.74) is 1.09. The maximum Gasteiger partial charge on any atom is 0.341 e. The molecule has 0 aliphatic carbocycles. The molecule has 16 heavy (non-hydrogen) atoms. The predicted octanol–water partition coefficient (Wildman–Crippen LogP) is 0.865. The predicted molar refractivity (Wildman–Crippen MR) is 58.0 cm³/mol. The molecule has 1 atom stereocenters. The van der Waals surface area contributed by atoms with Gasteiger partial charge in [0.2, 0.25) is 5.88 Å².